The molecule has 0 amide bonds. The van der Waals surface area contributed by atoms with Gasteiger partial charge in [0.2, 0.25) is 0 Å². The molecule has 1 aromatic rings. The number of ether oxygens (including phenoxy) is 1. The Kier molecular flexibility index (Phi) is 4.76. The normalized spacial score (nSPS) is 12.6. The van der Waals surface area contributed by atoms with Crippen LogP contribution in [-0.4, -0.2) is 27.9 Å². The molecular formula is C10H12BrNO3S. The van der Waals surface area contributed by atoms with Crippen LogP contribution >= 0.6 is 15.9 Å². The van der Waals surface area contributed by atoms with Crippen molar-refractivity contribution in [1.29, 1.82) is 0 Å². The molecule has 0 aliphatic carbocycles. The molecule has 1 atom stereocenters. The molecule has 0 bridgehead atoms. The number of hydrogen-bond donors (Lipinski definition) is 0. The van der Waals surface area contributed by atoms with Gasteiger partial charge in [0.15, 0.2) is 5.69 Å². The summed E-state index contributed by atoms with van der Waals surface area (Å²) in [6.07, 6.45) is 0. The highest BCUT2D eigenvalue weighted by Gasteiger charge is 2.23. The van der Waals surface area contributed by atoms with E-state index in [1.807, 2.05) is 13.8 Å². The first kappa shape index (κ1) is 13.5. The lowest BCUT2D eigenvalue weighted by atomic mass is 10.3. The third-order valence-corrected chi connectivity index (χ3v) is 4.28. The van der Waals surface area contributed by atoms with Gasteiger partial charge in [0.25, 0.3) is 5.03 Å². The molecule has 4 nitrogen and oxygen atoms in total. The summed E-state index contributed by atoms with van der Waals surface area (Å²) in [5, 5.41) is 0.314. The summed E-state index contributed by atoms with van der Waals surface area (Å²) in [4.78, 5) is 15.3. The Hall–Kier alpha value is -0.590. The van der Waals surface area contributed by atoms with E-state index >= 15 is 0 Å². The van der Waals surface area contributed by atoms with Gasteiger partial charge in [-0.2, -0.15) is 4.98 Å². The van der Waals surface area contributed by atoms with Gasteiger partial charge < -0.3 is 9.29 Å². The van der Waals surface area contributed by atoms with Gasteiger partial charge in [-0.3, -0.25) is 0 Å². The molecule has 1 rings (SSSR count). The van der Waals surface area contributed by atoms with E-state index in [2.05, 4.69) is 25.7 Å². The summed E-state index contributed by atoms with van der Waals surface area (Å²) >= 11 is 2.02. The first-order valence-electron chi connectivity index (χ1n) is 4.62. The minimum atomic E-state index is -1.24. The predicted octanol–water partition coefficient (Wildman–Crippen LogP) is 2.15. The SMILES string of the molecule is COC(=O)c1ccc(Br)c([S+]([O-])C(C)C)n1. The molecular weight excluding hydrogens is 294 g/mol. The van der Waals surface area contributed by atoms with Crippen molar-refractivity contribution in [2.24, 2.45) is 0 Å². The van der Waals surface area contributed by atoms with Crippen LogP contribution in [-0.2, 0) is 15.9 Å². The van der Waals surface area contributed by atoms with Crippen molar-refractivity contribution in [3.05, 3.63) is 22.3 Å². The van der Waals surface area contributed by atoms with E-state index in [9.17, 15) is 9.35 Å². The highest BCUT2D eigenvalue weighted by molar-refractivity contribution is 9.10. The zero-order chi connectivity index (χ0) is 12.3. The number of esters is 1. The van der Waals surface area contributed by atoms with Crippen molar-refractivity contribution < 1.29 is 14.1 Å². The molecule has 0 saturated carbocycles. The fourth-order valence-corrected chi connectivity index (χ4v) is 2.60. The Morgan fingerprint density at radius 2 is 2.19 bits per heavy atom. The first-order chi connectivity index (χ1) is 7.47. The second-order valence-electron chi connectivity index (χ2n) is 3.32. The molecule has 0 aromatic carbocycles. The number of nitrogens with zero attached hydrogens (tertiary/aromatic N) is 1. The molecule has 1 heterocycles. The Labute approximate surface area is 106 Å². The number of hydrogen-bond acceptors (Lipinski definition) is 4. The average Bonchev–Trinajstić information content (AvgIpc) is 2.27. The van der Waals surface area contributed by atoms with Crippen molar-refractivity contribution in [2.45, 2.75) is 24.1 Å². The lowest BCUT2D eigenvalue weighted by Crippen LogP contribution is -2.18. The maximum atomic E-state index is 11.9. The largest absolute Gasteiger partial charge is 0.610 e. The zero-order valence-electron chi connectivity index (χ0n) is 9.19. The smallest absolute Gasteiger partial charge is 0.356 e. The van der Waals surface area contributed by atoms with Gasteiger partial charge in [-0.25, -0.2) is 4.79 Å². The number of carbonyl (C=O) groups is 1. The number of aromatic nitrogens is 1. The van der Waals surface area contributed by atoms with Crippen LogP contribution in [0.25, 0.3) is 0 Å². The van der Waals surface area contributed by atoms with Crippen LogP contribution in [0.2, 0.25) is 0 Å². The third-order valence-electron chi connectivity index (χ3n) is 1.83. The molecule has 0 radical (unpaired) electrons. The van der Waals surface area contributed by atoms with E-state index in [-0.39, 0.29) is 10.9 Å². The lowest BCUT2D eigenvalue weighted by Gasteiger charge is -2.14. The number of methoxy groups -OCH3 is 1. The number of halogens is 1. The topological polar surface area (TPSA) is 62.2 Å². The van der Waals surface area contributed by atoms with Crippen LogP contribution < -0.4 is 0 Å². The number of pyridine rings is 1. The van der Waals surface area contributed by atoms with E-state index in [4.69, 9.17) is 0 Å². The average molecular weight is 306 g/mol. The molecule has 6 heteroatoms. The van der Waals surface area contributed by atoms with Crippen molar-refractivity contribution in [2.75, 3.05) is 7.11 Å². The Morgan fingerprint density at radius 1 is 1.56 bits per heavy atom. The van der Waals surface area contributed by atoms with Crippen molar-refractivity contribution in [3.63, 3.8) is 0 Å². The Morgan fingerprint density at radius 3 is 2.69 bits per heavy atom. The molecule has 1 unspecified atom stereocenters. The van der Waals surface area contributed by atoms with Gasteiger partial charge in [-0.15, -0.1) is 0 Å². The zero-order valence-corrected chi connectivity index (χ0v) is 11.6. The quantitative estimate of drug-likeness (QED) is 0.634. The summed E-state index contributed by atoms with van der Waals surface area (Å²) in [5.41, 5.74) is 0.162. The minimum absolute atomic E-state index is 0.0586. The monoisotopic (exact) mass is 305 g/mol. The maximum Gasteiger partial charge on any atom is 0.356 e. The summed E-state index contributed by atoms with van der Waals surface area (Å²) in [6.45, 7) is 3.66. The van der Waals surface area contributed by atoms with Gasteiger partial charge in [0.05, 0.1) is 11.6 Å². The van der Waals surface area contributed by atoms with Crippen LogP contribution in [0.3, 0.4) is 0 Å². The predicted molar refractivity (Wildman–Crippen MR) is 64.8 cm³/mol. The van der Waals surface area contributed by atoms with E-state index in [0.717, 1.165) is 0 Å². The van der Waals surface area contributed by atoms with Crippen molar-refractivity contribution in [1.82, 2.24) is 4.98 Å². The molecule has 0 N–H and O–H groups in total. The molecule has 88 valence electrons. The van der Waals surface area contributed by atoms with Gasteiger partial charge in [0, 0.05) is 11.2 Å². The van der Waals surface area contributed by atoms with Crippen LogP contribution in [0.4, 0.5) is 0 Å². The summed E-state index contributed by atoms with van der Waals surface area (Å²) in [7, 11) is 1.28. The van der Waals surface area contributed by atoms with Gasteiger partial charge in [-0.05, 0) is 41.9 Å². The third kappa shape index (κ3) is 2.96. The van der Waals surface area contributed by atoms with E-state index in [0.29, 0.717) is 9.50 Å². The fourth-order valence-electron chi connectivity index (χ4n) is 1.01. The fraction of sp³-hybridized carbons (Fsp3) is 0.400. The van der Waals surface area contributed by atoms with Gasteiger partial charge in [-0.1, -0.05) is 0 Å². The summed E-state index contributed by atoms with van der Waals surface area (Å²) in [5.74, 6) is -0.533. The second kappa shape index (κ2) is 5.65. The molecule has 16 heavy (non-hydrogen) atoms. The van der Waals surface area contributed by atoms with Crippen molar-refractivity contribution >= 4 is 33.1 Å². The highest BCUT2D eigenvalue weighted by atomic mass is 79.9. The number of carbonyl (C=O) groups excluding carboxylic acids is 1. The molecule has 0 aliphatic heterocycles. The molecule has 0 spiro atoms. The van der Waals surface area contributed by atoms with Crippen molar-refractivity contribution in [3.8, 4) is 0 Å². The van der Waals surface area contributed by atoms with Crippen LogP contribution in [0.5, 0.6) is 0 Å². The Balaban J connectivity index is 3.13. The first-order valence-corrected chi connectivity index (χ1v) is 6.63. The molecule has 0 saturated heterocycles. The van der Waals surface area contributed by atoms with Gasteiger partial charge >= 0.3 is 5.97 Å². The molecule has 0 aliphatic rings. The summed E-state index contributed by atoms with van der Waals surface area (Å²) in [6, 6.07) is 3.17. The Bertz CT molecular complexity index is 398. The maximum absolute atomic E-state index is 11.9. The number of rotatable bonds is 3. The minimum Gasteiger partial charge on any atom is -0.610 e. The van der Waals surface area contributed by atoms with E-state index in [1.54, 1.807) is 6.07 Å². The standard InChI is InChI=1S/C10H12BrNO3S/c1-6(2)16(14)9-7(11)4-5-8(12-9)10(13)15-3/h4-6H,1-3H3. The van der Waals surface area contributed by atoms with Gasteiger partial charge in [0.1, 0.15) is 5.25 Å². The highest BCUT2D eigenvalue weighted by Crippen LogP contribution is 2.23. The molecule has 1 aromatic heterocycles. The van der Waals surface area contributed by atoms with E-state index < -0.39 is 17.1 Å². The second-order valence-corrected chi connectivity index (χ2v) is 6.10. The van der Waals surface area contributed by atoms with Crippen LogP contribution in [0, 0.1) is 0 Å². The van der Waals surface area contributed by atoms with Crippen LogP contribution in [0.1, 0.15) is 24.3 Å². The van der Waals surface area contributed by atoms with E-state index in [1.165, 1.54) is 13.2 Å². The molecule has 0 fully saturated rings. The van der Waals surface area contributed by atoms with Crippen LogP contribution in [0.15, 0.2) is 21.6 Å². The lowest BCUT2D eigenvalue weighted by molar-refractivity contribution is 0.0593. The summed E-state index contributed by atoms with van der Waals surface area (Å²) < 4.78 is 17.1.